The second kappa shape index (κ2) is 7.93. The summed E-state index contributed by atoms with van der Waals surface area (Å²) in [6.45, 7) is 3.00. The van der Waals surface area contributed by atoms with E-state index in [2.05, 4.69) is 49.5 Å². The fourth-order valence-corrected chi connectivity index (χ4v) is 3.92. The van der Waals surface area contributed by atoms with Gasteiger partial charge in [-0.1, -0.05) is 48.0 Å². The Morgan fingerprint density at radius 2 is 1.87 bits per heavy atom. The van der Waals surface area contributed by atoms with Crippen LogP contribution in [0, 0.1) is 0 Å². The van der Waals surface area contributed by atoms with E-state index in [-0.39, 0.29) is 5.56 Å². The number of benzene rings is 2. The van der Waals surface area contributed by atoms with Crippen LogP contribution in [0.15, 0.2) is 59.4 Å². The molecule has 0 aliphatic carbocycles. The summed E-state index contributed by atoms with van der Waals surface area (Å²) in [4.78, 5) is 23.9. The molecule has 4 aromatic rings. The third kappa shape index (κ3) is 3.94. The Balaban J connectivity index is 1.31. The second-order valence-electron chi connectivity index (χ2n) is 7.50. The molecule has 0 spiro atoms. The van der Waals surface area contributed by atoms with Gasteiger partial charge in [-0.2, -0.15) is 9.50 Å². The number of nitrogens with one attached hydrogen (secondary N) is 2. The fraction of sp³-hybridized carbons (Fsp3) is 0.227. The van der Waals surface area contributed by atoms with Crippen molar-refractivity contribution in [2.45, 2.75) is 26.1 Å². The maximum atomic E-state index is 12.6. The minimum atomic E-state index is -0.167. The molecule has 3 heterocycles. The average molecular weight is 421 g/mol. The molecule has 1 aliphatic heterocycles. The summed E-state index contributed by atoms with van der Waals surface area (Å²) in [5.74, 6) is 0.868. The van der Waals surface area contributed by atoms with E-state index in [0.717, 1.165) is 30.8 Å². The lowest BCUT2D eigenvalue weighted by Gasteiger charge is -2.28. The minimum absolute atomic E-state index is 0.167. The lowest BCUT2D eigenvalue weighted by Crippen LogP contribution is -2.31. The molecule has 2 aromatic heterocycles. The van der Waals surface area contributed by atoms with Gasteiger partial charge in [-0.25, -0.2) is 4.98 Å². The quantitative estimate of drug-likeness (QED) is 0.518. The summed E-state index contributed by atoms with van der Waals surface area (Å²) < 4.78 is 1.36. The van der Waals surface area contributed by atoms with Crippen molar-refractivity contribution < 1.29 is 0 Å². The average Bonchev–Trinajstić information content (AvgIpc) is 3.17. The molecule has 0 bridgehead atoms. The molecule has 0 unspecified atom stereocenters. The van der Waals surface area contributed by atoms with Crippen LogP contribution in [-0.2, 0) is 26.1 Å². The van der Waals surface area contributed by atoms with Crippen LogP contribution in [0.2, 0.25) is 5.02 Å². The van der Waals surface area contributed by atoms with Gasteiger partial charge in [-0.05, 0) is 35.2 Å². The molecule has 30 heavy (non-hydrogen) atoms. The van der Waals surface area contributed by atoms with Crippen LogP contribution in [0.3, 0.4) is 0 Å². The smallest absolute Gasteiger partial charge is 0.274 e. The molecule has 152 valence electrons. The third-order valence-corrected chi connectivity index (χ3v) is 5.60. The molecule has 0 atom stereocenters. The summed E-state index contributed by atoms with van der Waals surface area (Å²) >= 11 is 5.92. The molecule has 2 aromatic carbocycles. The predicted octanol–water partition coefficient (Wildman–Crippen LogP) is 3.24. The normalized spacial score (nSPS) is 14.0. The monoisotopic (exact) mass is 420 g/mol. The Morgan fingerprint density at radius 3 is 2.70 bits per heavy atom. The van der Waals surface area contributed by atoms with E-state index in [1.165, 1.54) is 15.6 Å². The Bertz CT molecular complexity index is 1250. The molecule has 0 saturated heterocycles. The molecular formula is C22H21ClN6O. The van der Waals surface area contributed by atoms with E-state index < -0.39 is 0 Å². The number of nitrogens with zero attached hydrogens (tertiary/aromatic N) is 4. The zero-order valence-electron chi connectivity index (χ0n) is 16.3. The van der Waals surface area contributed by atoms with Gasteiger partial charge in [0.05, 0.1) is 5.69 Å². The topological polar surface area (TPSA) is 78.3 Å². The number of hydrogen-bond donors (Lipinski definition) is 2. The molecule has 0 saturated carbocycles. The predicted molar refractivity (Wildman–Crippen MR) is 117 cm³/mol. The lowest BCUT2D eigenvalue weighted by molar-refractivity contribution is 0.242. The van der Waals surface area contributed by atoms with Gasteiger partial charge in [0, 0.05) is 37.3 Å². The third-order valence-electron chi connectivity index (χ3n) is 5.35. The number of anilines is 1. The van der Waals surface area contributed by atoms with Crippen molar-refractivity contribution in [2.24, 2.45) is 0 Å². The number of halogens is 1. The first-order chi connectivity index (χ1) is 14.6. The Morgan fingerprint density at radius 1 is 1.07 bits per heavy atom. The van der Waals surface area contributed by atoms with Gasteiger partial charge in [0.15, 0.2) is 0 Å². The van der Waals surface area contributed by atoms with Crippen molar-refractivity contribution in [3.63, 3.8) is 0 Å². The highest BCUT2D eigenvalue weighted by molar-refractivity contribution is 6.30. The molecule has 0 radical (unpaired) electrons. The van der Waals surface area contributed by atoms with Crippen LogP contribution >= 0.6 is 11.6 Å². The van der Waals surface area contributed by atoms with Crippen molar-refractivity contribution in [1.82, 2.24) is 24.5 Å². The van der Waals surface area contributed by atoms with Crippen molar-refractivity contribution in [3.05, 3.63) is 92.4 Å². The molecule has 0 amide bonds. The van der Waals surface area contributed by atoms with Crippen LogP contribution in [0.4, 0.5) is 5.95 Å². The Labute approximate surface area is 178 Å². The molecule has 1 aliphatic rings. The first-order valence-corrected chi connectivity index (χ1v) is 10.3. The van der Waals surface area contributed by atoms with Gasteiger partial charge in [-0.3, -0.25) is 14.8 Å². The first-order valence-electron chi connectivity index (χ1n) is 9.90. The second-order valence-corrected chi connectivity index (χ2v) is 7.94. The summed E-state index contributed by atoms with van der Waals surface area (Å²) in [6.07, 6.45) is 1.01. The summed E-state index contributed by atoms with van der Waals surface area (Å²) in [6, 6.07) is 17.7. The van der Waals surface area contributed by atoms with Gasteiger partial charge >= 0.3 is 0 Å². The maximum absolute atomic E-state index is 12.6. The summed E-state index contributed by atoms with van der Waals surface area (Å²) in [5, 5.41) is 6.86. The minimum Gasteiger partial charge on any atom is -0.351 e. The molecule has 0 fully saturated rings. The highest BCUT2D eigenvalue weighted by atomic mass is 35.5. The fourth-order valence-electron chi connectivity index (χ4n) is 3.79. The van der Waals surface area contributed by atoms with Crippen LogP contribution in [0.25, 0.3) is 5.78 Å². The molecule has 2 N–H and O–H groups in total. The van der Waals surface area contributed by atoms with E-state index in [0.29, 0.717) is 29.8 Å². The van der Waals surface area contributed by atoms with Crippen LogP contribution in [0.1, 0.15) is 22.4 Å². The largest absolute Gasteiger partial charge is 0.351 e. The Hall–Kier alpha value is -3.16. The first kappa shape index (κ1) is 18.8. The number of fused-ring (bicyclic) bond motifs is 2. The zero-order chi connectivity index (χ0) is 20.5. The Kier molecular flexibility index (Phi) is 4.98. The van der Waals surface area contributed by atoms with Crippen molar-refractivity contribution in [2.75, 3.05) is 11.9 Å². The van der Waals surface area contributed by atoms with E-state index in [1.54, 1.807) is 6.07 Å². The number of hydrogen-bond acceptors (Lipinski definition) is 5. The van der Waals surface area contributed by atoms with Crippen molar-refractivity contribution in [1.29, 1.82) is 0 Å². The van der Waals surface area contributed by atoms with Crippen LogP contribution in [-0.4, -0.2) is 31.0 Å². The summed E-state index contributed by atoms with van der Waals surface area (Å²) in [5.41, 5.74) is 4.37. The highest BCUT2D eigenvalue weighted by Gasteiger charge is 2.17. The van der Waals surface area contributed by atoms with Crippen LogP contribution in [0.5, 0.6) is 0 Å². The zero-order valence-corrected chi connectivity index (χ0v) is 17.1. The molecule has 8 heteroatoms. The van der Waals surface area contributed by atoms with Gasteiger partial charge in [0.25, 0.3) is 11.3 Å². The van der Waals surface area contributed by atoms with E-state index >= 15 is 0 Å². The SMILES string of the molecule is O=c1cc(CN2CCc3ccccc3C2)nc2nc(NCc3ccc(Cl)cc3)[nH]n12. The number of rotatable bonds is 5. The van der Waals surface area contributed by atoms with Crippen molar-refractivity contribution in [3.8, 4) is 0 Å². The number of H-pyrrole nitrogens is 1. The number of aromatic amines is 1. The number of aromatic nitrogens is 4. The maximum Gasteiger partial charge on any atom is 0.274 e. The van der Waals surface area contributed by atoms with Gasteiger partial charge in [-0.15, -0.1) is 0 Å². The van der Waals surface area contributed by atoms with Gasteiger partial charge in [0.1, 0.15) is 0 Å². The van der Waals surface area contributed by atoms with Gasteiger partial charge < -0.3 is 5.32 Å². The van der Waals surface area contributed by atoms with Gasteiger partial charge in [0.2, 0.25) is 5.95 Å². The lowest BCUT2D eigenvalue weighted by atomic mass is 10.00. The van der Waals surface area contributed by atoms with Crippen molar-refractivity contribution >= 4 is 23.3 Å². The molecule has 5 rings (SSSR count). The summed E-state index contributed by atoms with van der Waals surface area (Å²) in [7, 11) is 0. The van der Waals surface area contributed by atoms with E-state index in [9.17, 15) is 4.79 Å². The highest BCUT2D eigenvalue weighted by Crippen LogP contribution is 2.19. The standard InChI is InChI=1S/C22H21ClN6O/c23-18-7-5-15(6-8-18)12-24-21-26-22-25-19(11-20(30)29(22)27-21)14-28-10-9-16-3-1-2-4-17(16)13-28/h1-8,11H,9-10,12-14H2,(H2,24,25,26,27). The van der Waals surface area contributed by atoms with Crippen LogP contribution < -0.4 is 10.9 Å². The van der Waals surface area contributed by atoms with E-state index in [1.807, 2.05) is 24.3 Å². The van der Waals surface area contributed by atoms with E-state index in [4.69, 9.17) is 11.6 Å². The molecule has 7 nitrogen and oxygen atoms in total. The molecular weight excluding hydrogens is 400 g/mol.